The molecule has 0 aromatic heterocycles. The lowest BCUT2D eigenvalue weighted by molar-refractivity contribution is -0.159. The minimum atomic E-state index is -1.82. The number of benzene rings is 1. The number of amides is 1. The molecule has 7 heteroatoms. The van der Waals surface area contributed by atoms with Crippen LogP contribution in [-0.4, -0.2) is 52.6 Å². The van der Waals surface area contributed by atoms with E-state index in [0.717, 1.165) is 24.9 Å². The van der Waals surface area contributed by atoms with E-state index in [4.69, 9.17) is 19.8 Å². The van der Waals surface area contributed by atoms with E-state index < -0.39 is 11.9 Å². The van der Waals surface area contributed by atoms with Crippen LogP contribution in [0.15, 0.2) is 30.3 Å². The molecule has 0 saturated carbocycles. The zero-order valence-corrected chi connectivity index (χ0v) is 13.2. The highest BCUT2D eigenvalue weighted by molar-refractivity contribution is 6.27. The van der Waals surface area contributed by atoms with Gasteiger partial charge >= 0.3 is 11.9 Å². The number of aliphatic carboxylic acids is 2. The Bertz CT molecular complexity index is 535. The quantitative estimate of drug-likeness (QED) is 0.720. The van der Waals surface area contributed by atoms with E-state index in [2.05, 4.69) is 10.2 Å². The van der Waals surface area contributed by atoms with Crippen LogP contribution in [0.5, 0.6) is 0 Å². The number of nitrogens with one attached hydrogen (secondary N) is 1. The summed E-state index contributed by atoms with van der Waals surface area (Å²) in [5.74, 6) is -3.49. The minimum absolute atomic E-state index is 0.0566. The molecule has 3 N–H and O–H groups in total. The van der Waals surface area contributed by atoms with Gasteiger partial charge in [0.05, 0.1) is 12.1 Å². The first kappa shape index (κ1) is 18.6. The second-order valence-corrected chi connectivity index (χ2v) is 5.39. The Balaban J connectivity index is 0.000000379. The summed E-state index contributed by atoms with van der Waals surface area (Å²) in [5, 5.41) is 17.9. The fourth-order valence-electron chi connectivity index (χ4n) is 2.38. The zero-order valence-electron chi connectivity index (χ0n) is 13.2. The fraction of sp³-hybridized carbons (Fsp3) is 0.438. The molecule has 0 radical (unpaired) electrons. The Morgan fingerprint density at radius 2 is 1.74 bits per heavy atom. The van der Waals surface area contributed by atoms with Gasteiger partial charge in [-0.25, -0.2) is 9.59 Å². The normalized spacial score (nSPS) is 18.4. The zero-order chi connectivity index (χ0) is 17.4. The van der Waals surface area contributed by atoms with Gasteiger partial charge in [-0.2, -0.15) is 0 Å². The SMILES string of the molecule is C[C@H](NC(=O)[C@@H]1CCCN1C)c1ccccc1.O=C(O)C(=O)O. The maximum absolute atomic E-state index is 12.1. The number of hydrogen-bond acceptors (Lipinski definition) is 4. The first-order chi connectivity index (χ1) is 10.8. The lowest BCUT2D eigenvalue weighted by atomic mass is 10.1. The highest BCUT2D eigenvalue weighted by atomic mass is 16.4. The molecule has 1 heterocycles. The van der Waals surface area contributed by atoms with Gasteiger partial charge < -0.3 is 15.5 Å². The van der Waals surface area contributed by atoms with Crippen molar-refractivity contribution in [3.63, 3.8) is 0 Å². The predicted molar refractivity (Wildman–Crippen MR) is 83.9 cm³/mol. The van der Waals surface area contributed by atoms with Crippen LogP contribution < -0.4 is 5.32 Å². The van der Waals surface area contributed by atoms with Crippen molar-refractivity contribution in [1.82, 2.24) is 10.2 Å². The largest absolute Gasteiger partial charge is 0.473 e. The highest BCUT2D eigenvalue weighted by Crippen LogP contribution is 2.17. The van der Waals surface area contributed by atoms with Crippen molar-refractivity contribution >= 4 is 17.8 Å². The Kier molecular flexibility index (Phi) is 7.21. The lowest BCUT2D eigenvalue weighted by Gasteiger charge is -2.22. The van der Waals surface area contributed by atoms with Gasteiger partial charge in [-0.15, -0.1) is 0 Å². The van der Waals surface area contributed by atoms with E-state index in [0.29, 0.717) is 0 Å². The molecule has 1 saturated heterocycles. The minimum Gasteiger partial charge on any atom is -0.473 e. The van der Waals surface area contributed by atoms with Crippen LogP contribution in [0.1, 0.15) is 31.4 Å². The Hall–Kier alpha value is -2.41. The number of hydrogen-bond donors (Lipinski definition) is 3. The Morgan fingerprint density at radius 1 is 1.17 bits per heavy atom. The van der Waals surface area contributed by atoms with E-state index >= 15 is 0 Å². The van der Waals surface area contributed by atoms with Crippen molar-refractivity contribution in [2.24, 2.45) is 0 Å². The lowest BCUT2D eigenvalue weighted by Crippen LogP contribution is -2.42. The third-order valence-electron chi connectivity index (χ3n) is 3.66. The second kappa shape index (κ2) is 8.89. The summed E-state index contributed by atoms with van der Waals surface area (Å²) in [7, 11) is 2.02. The van der Waals surface area contributed by atoms with Gasteiger partial charge in [-0.3, -0.25) is 9.69 Å². The number of carbonyl (C=O) groups excluding carboxylic acids is 1. The molecule has 1 aliphatic rings. The summed E-state index contributed by atoms with van der Waals surface area (Å²) in [4.78, 5) is 32.4. The molecule has 1 aromatic carbocycles. The molecule has 2 rings (SSSR count). The summed E-state index contributed by atoms with van der Waals surface area (Å²) < 4.78 is 0. The summed E-state index contributed by atoms with van der Waals surface area (Å²) in [6.45, 7) is 3.06. The van der Waals surface area contributed by atoms with Gasteiger partial charge in [0.25, 0.3) is 0 Å². The van der Waals surface area contributed by atoms with Gasteiger partial charge in [-0.1, -0.05) is 30.3 Å². The van der Waals surface area contributed by atoms with Gasteiger partial charge in [0.2, 0.25) is 5.91 Å². The highest BCUT2D eigenvalue weighted by Gasteiger charge is 2.28. The summed E-state index contributed by atoms with van der Waals surface area (Å²) in [6.07, 6.45) is 2.10. The third kappa shape index (κ3) is 6.07. The average Bonchev–Trinajstić information content (AvgIpc) is 2.95. The third-order valence-corrected chi connectivity index (χ3v) is 3.66. The van der Waals surface area contributed by atoms with E-state index in [1.807, 2.05) is 44.3 Å². The standard InChI is InChI=1S/C14H20N2O.C2H2O4/c1-11(12-7-4-3-5-8-12)15-14(17)13-9-6-10-16(13)2;3-1(4)2(5)6/h3-5,7-8,11,13H,6,9-10H2,1-2H3,(H,15,17);(H,3,4)(H,5,6)/t11-,13-;/m0./s1. The van der Waals surface area contributed by atoms with Crippen LogP contribution >= 0.6 is 0 Å². The van der Waals surface area contributed by atoms with Crippen LogP contribution in [-0.2, 0) is 14.4 Å². The van der Waals surface area contributed by atoms with E-state index in [-0.39, 0.29) is 18.0 Å². The topological polar surface area (TPSA) is 107 Å². The summed E-state index contributed by atoms with van der Waals surface area (Å²) in [5.41, 5.74) is 1.15. The molecule has 23 heavy (non-hydrogen) atoms. The molecule has 2 atom stereocenters. The number of nitrogens with zero attached hydrogens (tertiary/aromatic N) is 1. The van der Waals surface area contributed by atoms with Crippen LogP contribution in [0.3, 0.4) is 0 Å². The van der Waals surface area contributed by atoms with Crippen molar-refractivity contribution < 1.29 is 24.6 Å². The second-order valence-electron chi connectivity index (χ2n) is 5.39. The molecule has 1 fully saturated rings. The molecule has 126 valence electrons. The molecule has 0 unspecified atom stereocenters. The van der Waals surface area contributed by atoms with Crippen molar-refractivity contribution in [2.75, 3.05) is 13.6 Å². The number of rotatable bonds is 3. The number of carbonyl (C=O) groups is 3. The predicted octanol–water partition coefficient (Wildman–Crippen LogP) is 1.11. The first-order valence-corrected chi connectivity index (χ1v) is 7.34. The number of likely N-dealkylation sites (N-methyl/N-ethyl adjacent to an activating group) is 1. The summed E-state index contributed by atoms with van der Waals surface area (Å²) in [6, 6.07) is 10.2. The Labute approximate surface area is 134 Å². The van der Waals surface area contributed by atoms with Crippen LogP contribution in [0.2, 0.25) is 0 Å². The van der Waals surface area contributed by atoms with Gasteiger partial charge in [-0.05, 0) is 38.9 Å². The molecule has 0 bridgehead atoms. The van der Waals surface area contributed by atoms with Crippen molar-refractivity contribution in [2.45, 2.75) is 31.8 Å². The van der Waals surface area contributed by atoms with Crippen molar-refractivity contribution in [3.05, 3.63) is 35.9 Å². The van der Waals surface area contributed by atoms with E-state index in [1.54, 1.807) is 0 Å². The molecule has 1 aliphatic heterocycles. The molecular formula is C16H22N2O5. The number of carboxylic acid groups (broad SMARTS) is 2. The first-order valence-electron chi connectivity index (χ1n) is 7.34. The van der Waals surface area contributed by atoms with E-state index in [1.165, 1.54) is 0 Å². The summed E-state index contributed by atoms with van der Waals surface area (Å²) >= 11 is 0. The maximum atomic E-state index is 12.1. The van der Waals surface area contributed by atoms with Crippen LogP contribution in [0, 0.1) is 0 Å². The van der Waals surface area contributed by atoms with Crippen LogP contribution in [0.25, 0.3) is 0 Å². The van der Waals surface area contributed by atoms with Crippen LogP contribution in [0.4, 0.5) is 0 Å². The van der Waals surface area contributed by atoms with Gasteiger partial charge in [0.1, 0.15) is 0 Å². The maximum Gasteiger partial charge on any atom is 0.414 e. The molecule has 1 amide bonds. The van der Waals surface area contributed by atoms with Gasteiger partial charge in [0.15, 0.2) is 0 Å². The van der Waals surface area contributed by atoms with Crippen molar-refractivity contribution in [1.29, 1.82) is 0 Å². The molecule has 1 aromatic rings. The fourth-order valence-corrected chi connectivity index (χ4v) is 2.38. The average molecular weight is 322 g/mol. The van der Waals surface area contributed by atoms with E-state index in [9.17, 15) is 4.79 Å². The Morgan fingerprint density at radius 3 is 2.17 bits per heavy atom. The molecular weight excluding hydrogens is 300 g/mol. The number of carboxylic acids is 2. The monoisotopic (exact) mass is 322 g/mol. The number of likely N-dealkylation sites (tertiary alicyclic amines) is 1. The van der Waals surface area contributed by atoms with Gasteiger partial charge in [0, 0.05) is 0 Å². The van der Waals surface area contributed by atoms with Crippen molar-refractivity contribution in [3.8, 4) is 0 Å². The smallest absolute Gasteiger partial charge is 0.414 e. The molecule has 0 aliphatic carbocycles. The molecule has 7 nitrogen and oxygen atoms in total. The molecule has 0 spiro atoms.